The predicted molar refractivity (Wildman–Crippen MR) is 82.1 cm³/mol. The molecule has 2 aromatic carbocycles. The highest BCUT2D eigenvalue weighted by molar-refractivity contribution is 6.08. The number of aromatic carboxylic acids is 1. The van der Waals surface area contributed by atoms with Crippen molar-refractivity contribution in [3.05, 3.63) is 59.4 Å². The first-order chi connectivity index (χ1) is 10.4. The number of carbonyl (C=O) groups excluding carboxylic acids is 1. The third-order valence-electron chi connectivity index (χ3n) is 3.10. The molecule has 114 valence electrons. The van der Waals surface area contributed by atoms with E-state index < -0.39 is 17.7 Å². The van der Waals surface area contributed by atoms with E-state index in [1.165, 1.54) is 36.4 Å². The second-order valence-corrected chi connectivity index (χ2v) is 4.89. The number of carbonyl (C=O) groups is 2. The Kier molecular flexibility index (Phi) is 4.41. The van der Waals surface area contributed by atoms with Crippen molar-refractivity contribution in [3.8, 4) is 0 Å². The number of hydrogen-bond acceptors (Lipinski definition) is 3. The van der Waals surface area contributed by atoms with Gasteiger partial charge in [-0.2, -0.15) is 0 Å². The number of carboxylic acid groups (broad SMARTS) is 1. The fraction of sp³-hybridized carbons (Fsp3) is 0.125. The van der Waals surface area contributed by atoms with E-state index in [2.05, 4.69) is 5.32 Å². The molecule has 0 saturated carbocycles. The van der Waals surface area contributed by atoms with Crippen LogP contribution in [0.4, 0.5) is 15.8 Å². The third-order valence-corrected chi connectivity index (χ3v) is 3.10. The first-order valence-corrected chi connectivity index (χ1v) is 6.50. The average Bonchev–Trinajstić information content (AvgIpc) is 2.47. The number of nitrogens with zero attached hydrogens (tertiary/aromatic N) is 1. The zero-order valence-electron chi connectivity index (χ0n) is 12.1. The van der Waals surface area contributed by atoms with Crippen molar-refractivity contribution in [2.75, 3.05) is 24.3 Å². The summed E-state index contributed by atoms with van der Waals surface area (Å²) in [6.45, 7) is 0. The fourth-order valence-corrected chi connectivity index (χ4v) is 1.89. The molecule has 0 spiro atoms. The summed E-state index contributed by atoms with van der Waals surface area (Å²) < 4.78 is 12.9. The Labute approximate surface area is 127 Å². The van der Waals surface area contributed by atoms with Gasteiger partial charge in [-0.05, 0) is 42.5 Å². The lowest BCUT2D eigenvalue weighted by atomic mass is 10.1. The fourth-order valence-electron chi connectivity index (χ4n) is 1.89. The van der Waals surface area contributed by atoms with Crippen molar-refractivity contribution in [1.29, 1.82) is 0 Å². The van der Waals surface area contributed by atoms with Gasteiger partial charge < -0.3 is 15.3 Å². The Bertz CT molecular complexity index is 712. The van der Waals surface area contributed by atoms with Crippen LogP contribution in [0.2, 0.25) is 0 Å². The summed E-state index contributed by atoms with van der Waals surface area (Å²) in [7, 11) is 3.58. The van der Waals surface area contributed by atoms with Gasteiger partial charge in [-0.3, -0.25) is 4.79 Å². The molecule has 0 saturated heterocycles. The van der Waals surface area contributed by atoms with Crippen LogP contribution in [-0.4, -0.2) is 31.1 Å². The van der Waals surface area contributed by atoms with Gasteiger partial charge in [0.15, 0.2) is 0 Å². The van der Waals surface area contributed by atoms with Crippen molar-refractivity contribution in [2.45, 2.75) is 0 Å². The molecule has 0 aromatic heterocycles. The zero-order chi connectivity index (χ0) is 16.3. The van der Waals surface area contributed by atoms with E-state index in [9.17, 15) is 19.1 Å². The van der Waals surface area contributed by atoms with Crippen LogP contribution in [0.3, 0.4) is 0 Å². The van der Waals surface area contributed by atoms with Crippen LogP contribution in [0, 0.1) is 5.82 Å². The molecular weight excluding hydrogens is 287 g/mol. The Balaban J connectivity index is 2.30. The van der Waals surface area contributed by atoms with Crippen molar-refractivity contribution in [1.82, 2.24) is 0 Å². The Hall–Kier alpha value is -2.89. The largest absolute Gasteiger partial charge is 0.478 e. The zero-order valence-corrected chi connectivity index (χ0v) is 12.1. The lowest BCUT2D eigenvalue weighted by molar-refractivity contribution is 0.0698. The van der Waals surface area contributed by atoms with Gasteiger partial charge in [0.2, 0.25) is 0 Å². The van der Waals surface area contributed by atoms with E-state index in [4.69, 9.17) is 0 Å². The number of rotatable bonds is 4. The van der Waals surface area contributed by atoms with E-state index in [0.29, 0.717) is 5.69 Å². The summed E-state index contributed by atoms with van der Waals surface area (Å²) >= 11 is 0. The maximum absolute atomic E-state index is 12.9. The number of anilines is 2. The second kappa shape index (κ2) is 6.26. The number of amides is 1. The molecule has 0 radical (unpaired) electrons. The summed E-state index contributed by atoms with van der Waals surface area (Å²) in [5, 5.41) is 11.8. The summed E-state index contributed by atoms with van der Waals surface area (Å²) in [4.78, 5) is 25.2. The topological polar surface area (TPSA) is 69.6 Å². The van der Waals surface area contributed by atoms with Crippen LogP contribution < -0.4 is 10.2 Å². The molecule has 1 amide bonds. The molecule has 6 heteroatoms. The van der Waals surface area contributed by atoms with Crippen molar-refractivity contribution >= 4 is 23.3 Å². The van der Waals surface area contributed by atoms with Gasteiger partial charge in [-0.25, -0.2) is 9.18 Å². The Morgan fingerprint density at radius 2 is 1.73 bits per heavy atom. The normalized spacial score (nSPS) is 10.1. The number of halogens is 1. The van der Waals surface area contributed by atoms with Gasteiger partial charge in [0.25, 0.3) is 5.91 Å². The summed E-state index contributed by atoms with van der Waals surface area (Å²) in [6, 6.07) is 9.71. The molecule has 0 aliphatic rings. The molecule has 2 N–H and O–H groups in total. The molecule has 0 unspecified atom stereocenters. The van der Waals surface area contributed by atoms with Crippen LogP contribution in [0.25, 0.3) is 0 Å². The predicted octanol–water partition coefficient (Wildman–Crippen LogP) is 2.84. The van der Waals surface area contributed by atoms with Gasteiger partial charge >= 0.3 is 5.97 Å². The molecule has 22 heavy (non-hydrogen) atoms. The van der Waals surface area contributed by atoms with Crippen LogP contribution >= 0.6 is 0 Å². The number of nitrogens with one attached hydrogen (secondary N) is 1. The minimum atomic E-state index is -1.14. The highest BCUT2D eigenvalue weighted by Crippen LogP contribution is 2.23. The molecule has 0 fully saturated rings. The van der Waals surface area contributed by atoms with Gasteiger partial charge in [-0.15, -0.1) is 0 Å². The highest BCUT2D eigenvalue weighted by atomic mass is 19.1. The second-order valence-electron chi connectivity index (χ2n) is 4.89. The van der Waals surface area contributed by atoms with Crippen LogP contribution in [0.15, 0.2) is 42.5 Å². The van der Waals surface area contributed by atoms with Crippen molar-refractivity contribution < 1.29 is 19.1 Å². The Morgan fingerprint density at radius 3 is 2.27 bits per heavy atom. The van der Waals surface area contributed by atoms with Crippen LogP contribution in [0.1, 0.15) is 20.7 Å². The first-order valence-electron chi connectivity index (χ1n) is 6.50. The van der Waals surface area contributed by atoms with Crippen LogP contribution in [0.5, 0.6) is 0 Å². The quantitative estimate of drug-likeness (QED) is 0.911. The number of hydrogen-bond donors (Lipinski definition) is 2. The smallest absolute Gasteiger partial charge is 0.337 e. The summed E-state index contributed by atoms with van der Waals surface area (Å²) in [6.07, 6.45) is 0. The molecule has 0 aliphatic carbocycles. The van der Waals surface area contributed by atoms with Gasteiger partial charge in [0.1, 0.15) is 5.82 Å². The van der Waals surface area contributed by atoms with E-state index in [1.807, 2.05) is 0 Å². The average molecular weight is 302 g/mol. The minimum Gasteiger partial charge on any atom is -0.478 e. The minimum absolute atomic E-state index is 0.0124. The van der Waals surface area contributed by atoms with Crippen molar-refractivity contribution in [2.24, 2.45) is 0 Å². The Morgan fingerprint density at radius 1 is 1.09 bits per heavy atom. The molecule has 2 aromatic rings. The van der Waals surface area contributed by atoms with Crippen molar-refractivity contribution in [3.63, 3.8) is 0 Å². The lowest BCUT2D eigenvalue weighted by Gasteiger charge is -2.15. The molecule has 0 bridgehead atoms. The molecule has 0 aliphatic heterocycles. The van der Waals surface area contributed by atoms with E-state index in [-0.39, 0.29) is 16.8 Å². The van der Waals surface area contributed by atoms with Gasteiger partial charge in [0.05, 0.1) is 11.3 Å². The van der Waals surface area contributed by atoms with E-state index >= 15 is 0 Å². The monoisotopic (exact) mass is 302 g/mol. The van der Waals surface area contributed by atoms with E-state index in [1.54, 1.807) is 25.1 Å². The molecule has 0 atom stereocenters. The first kappa shape index (κ1) is 15.5. The van der Waals surface area contributed by atoms with Crippen LogP contribution in [-0.2, 0) is 0 Å². The van der Waals surface area contributed by atoms with Gasteiger partial charge in [0, 0.05) is 25.3 Å². The maximum Gasteiger partial charge on any atom is 0.337 e. The third kappa shape index (κ3) is 3.41. The lowest BCUT2D eigenvalue weighted by Crippen LogP contribution is -2.16. The molecule has 2 rings (SSSR count). The van der Waals surface area contributed by atoms with Gasteiger partial charge in [-0.1, -0.05) is 0 Å². The molecule has 0 heterocycles. The summed E-state index contributed by atoms with van der Waals surface area (Å²) in [5.41, 5.74) is 1.13. The standard InChI is InChI=1S/C16H15FN2O3/c1-19(2)12-7-8-14(13(9-12)16(21)22)18-15(20)10-3-5-11(17)6-4-10/h3-9H,1-2H3,(H,18,20)(H,21,22). The highest BCUT2D eigenvalue weighted by Gasteiger charge is 2.15. The SMILES string of the molecule is CN(C)c1ccc(NC(=O)c2ccc(F)cc2)c(C(=O)O)c1. The number of benzene rings is 2. The molecule has 5 nitrogen and oxygen atoms in total. The maximum atomic E-state index is 12.9. The summed E-state index contributed by atoms with van der Waals surface area (Å²) in [5.74, 6) is -2.09. The van der Waals surface area contributed by atoms with E-state index in [0.717, 1.165) is 0 Å². The molecular formula is C16H15FN2O3. The number of carboxylic acids is 1.